The van der Waals surface area contributed by atoms with Gasteiger partial charge in [0, 0.05) is 13.3 Å². The van der Waals surface area contributed by atoms with Crippen molar-refractivity contribution in [2.24, 2.45) is 5.10 Å². The van der Waals surface area contributed by atoms with Crippen molar-refractivity contribution in [3.8, 4) is 0 Å². The summed E-state index contributed by atoms with van der Waals surface area (Å²) in [6.07, 6.45) is 5.70. The van der Waals surface area contributed by atoms with Crippen molar-refractivity contribution in [3.05, 3.63) is 11.1 Å². The van der Waals surface area contributed by atoms with E-state index in [0.717, 1.165) is 0 Å². The lowest BCUT2D eigenvalue weighted by molar-refractivity contribution is 0.892. The molecule has 12 heavy (non-hydrogen) atoms. The Morgan fingerprint density at radius 2 is 2.00 bits per heavy atom. The molecule has 0 saturated heterocycles. The Labute approximate surface area is 75.7 Å². The van der Waals surface area contributed by atoms with Crippen LogP contribution in [0.3, 0.4) is 0 Å². The summed E-state index contributed by atoms with van der Waals surface area (Å²) in [4.78, 5) is 0. The van der Waals surface area contributed by atoms with Crippen molar-refractivity contribution in [2.45, 2.75) is 40.0 Å². The molecular formula is C10H20N2. The fourth-order valence-electron chi connectivity index (χ4n) is 1.24. The standard InChI is InChI=1S/C8H14N2.C2H6/c1-7-4-3-5-8(7)6-10-9-2;1-2/h6,9H,3-5H2,1-2H3;1-2H3/b10-6-;. The first kappa shape index (κ1) is 11.2. The van der Waals surface area contributed by atoms with Gasteiger partial charge in [0.1, 0.15) is 0 Å². The molecule has 0 spiro atoms. The van der Waals surface area contributed by atoms with E-state index in [1.54, 1.807) is 0 Å². The minimum Gasteiger partial charge on any atom is -0.313 e. The summed E-state index contributed by atoms with van der Waals surface area (Å²) in [7, 11) is 1.82. The number of nitrogens with zero attached hydrogens (tertiary/aromatic N) is 1. The molecule has 0 aliphatic heterocycles. The number of hydrogen-bond acceptors (Lipinski definition) is 2. The molecule has 0 atom stereocenters. The highest BCUT2D eigenvalue weighted by Crippen LogP contribution is 2.23. The van der Waals surface area contributed by atoms with Crippen molar-refractivity contribution >= 4 is 6.21 Å². The van der Waals surface area contributed by atoms with Crippen LogP contribution in [0.5, 0.6) is 0 Å². The van der Waals surface area contributed by atoms with Gasteiger partial charge in [0.2, 0.25) is 0 Å². The molecule has 70 valence electrons. The SMILES string of the molecule is CC.CN/N=C\C1=C(C)CCC1. The lowest BCUT2D eigenvalue weighted by Crippen LogP contribution is -1.95. The number of hydrogen-bond donors (Lipinski definition) is 1. The third-order valence-corrected chi connectivity index (χ3v) is 1.90. The smallest absolute Gasteiger partial charge is 0.0499 e. The molecule has 0 aromatic heterocycles. The topological polar surface area (TPSA) is 24.4 Å². The number of nitrogens with one attached hydrogen (secondary N) is 1. The Bertz CT molecular complexity index is 169. The van der Waals surface area contributed by atoms with Gasteiger partial charge in [-0.05, 0) is 31.8 Å². The van der Waals surface area contributed by atoms with Crippen LogP contribution in [-0.4, -0.2) is 13.3 Å². The van der Waals surface area contributed by atoms with E-state index in [2.05, 4.69) is 17.5 Å². The molecule has 0 amide bonds. The second-order valence-electron chi connectivity index (χ2n) is 2.64. The van der Waals surface area contributed by atoms with Gasteiger partial charge < -0.3 is 5.43 Å². The maximum atomic E-state index is 3.97. The Kier molecular flexibility index (Phi) is 6.44. The molecule has 0 saturated carbocycles. The van der Waals surface area contributed by atoms with Gasteiger partial charge in [0.15, 0.2) is 0 Å². The normalized spacial score (nSPS) is 16.3. The Morgan fingerprint density at radius 3 is 2.42 bits per heavy atom. The molecule has 1 N–H and O–H groups in total. The van der Waals surface area contributed by atoms with Crippen LogP contribution in [0.2, 0.25) is 0 Å². The van der Waals surface area contributed by atoms with Crippen LogP contribution >= 0.6 is 0 Å². The maximum Gasteiger partial charge on any atom is 0.0499 e. The van der Waals surface area contributed by atoms with E-state index in [-0.39, 0.29) is 0 Å². The van der Waals surface area contributed by atoms with Gasteiger partial charge in [-0.15, -0.1) is 0 Å². The number of rotatable bonds is 2. The second-order valence-corrected chi connectivity index (χ2v) is 2.64. The van der Waals surface area contributed by atoms with E-state index in [1.807, 2.05) is 27.1 Å². The molecule has 0 aromatic rings. The van der Waals surface area contributed by atoms with Crippen molar-refractivity contribution in [1.82, 2.24) is 5.43 Å². The zero-order valence-corrected chi connectivity index (χ0v) is 8.65. The third-order valence-electron chi connectivity index (χ3n) is 1.90. The van der Waals surface area contributed by atoms with Crippen LogP contribution in [0.25, 0.3) is 0 Å². The van der Waals surface area contributed by atoms with Gasteiger partial charge in [-0.25, -0.2) is 0 Å². The zero-order valence-electron chi connectivity index (χ0n) is 8.65. The fraction of sp³-hybridized carbons (Fsp3) is 0.700. The van der Waals surface area contributed by atoms with Gasteiger partial charge in [0.05, 0.1) is 0 Å². The molecule has 0 heterocycles. The van der Waals surface area contributed by atoms with E-state index >= 15 is 0 Å². The quantitative estimate of drug-likeness (QED) is 0.497. The summed E-state index contributed by atoms with van der Waals surface area (Å²) in [6.45, 7) is 6.18. The molecule has 0 bridgehead atoms. The predicted octanol–water partition coefficient (Wildman–Crippen LogP) is 2.72. The average molecular weight is 168 g/mol. The van der Waals surface area contributed by atoms with E-state index in [4.69, 9.17) is 0 Å². The molecule has 2 nitrogen and oxygen atoms in total. The van der Waals surface area contributed by atoms with Gasteiger partial charge in [-0.2, -0.15) is 5.10 Å². The van der Waals surface area contributed by atoms with Crippen LogP contribution in [-0.2, 0) is 0 Å². The summed E-state index contributed by atoms with van der Waals surface area (Å²) < 4.78 is 0. The second kappa shape index (κ2) is 6.89. The molecule has 2 heteroatoms. The van der Waals surface area contributed by atoms with Crippen LogP contribution in [0, 0.1) is 0 Å². The number of hydrazone groups is 1. The summed E-state index contributed by atoms with van der Waals surface area (Å²) in [5, 5.41) is 3.97. The largest absolute Gasteiger partial charge is 0.313 e. The van der Waals surface area contributed by atoms with Crippen molar-refractivity contribution in [2.75, 3.05) is 7.05 Å². The monoisotopic (exact) mass is 168 g/mol. The highest BCUT2D eigenvalue weighted by Gasteiger charge is 2.07. The highest BCUT2D eigenvalue weighted by atomic mass is 15.3. The average Bonchev–Trinajstić information content (AvgIpc) is 2.51. The molecule has 1 aliphatic carbocycles. The van der Waals surface area contributed by atoms with E-state index in [1.165, 1.54) is 30.4 Å². The predicted molar refractivity (Wildman–Crippen MR) is 55.5 cm³/mol. The molecule has 0 unspecified atom stereocenters. The van der Waals surface area contributed by atoms with Crippen LogP contribution in [0.15, 0.2) is 16.2 Å². The van der Waals surface area contributed by atoms with Gasteiger partial charge in [-0.1, -0.05) is 19.4 Å². The van der Waals surface area contributed by atoms with E-state index in [9.17, 15) is 0 Å². The maximum absolute atomic E-state index is 3.97. The molecule has 0 fully saturated rings. The minimum atomic E-state index is 1.21. The molecule has 0 radical (unpaired) electrons. The summed E-state index contributed by atoms with van der Waals surface area (Å²) in [5.74, 6) is 0. The van der Waals surface area contributed by atoms with Crippen LogP contribution in [0.4, 0.5) is 0 Å². The van der Waals surface area contributed by atoms with Gasteiger partial charge in [-0.3, -0.25) is 0 Å². The molecule has 0 aromatic carbocycles. The first-order valence-electron chi connectivity index (χ1n) is 4.73. The van der Waals surface area contributed by atoms with Crippen LogP contribution in [0.1, 0.15) is 40.0 Å². The minimum absolute atomic E-state index is 1.21. The Hall–Kier alpha value is -0.790. The zero-order chi connectivity index (χ0) is 9.40. The summed E-state index contributed by atoms with van der Waals surface area (Å²) >= 11 is 0. The molecular weight excluding hydrogens is 148 g/mol. The first-order valence-corrected chi connectivity index (χ1v) is 4.73. The molecule has 1 rings (SSSR count). The van der Waals surface area contributed by atoms with E-state index < -0.39 is 0 Å². The first-order chi connectivity index (χ1) is 5.84. The van der Waals surface area contributed by atoms with Crippen molar-refractivity contribution < 1.29 is 0 Å². The Balaban J connectivity index is 0.000000561. The Morgan fingerprint density at radius 1 is 1.33 bits per heavy atom. The van der Waals surface area contributed by atoms with Gasteiger partial charge >= 0.3 is 0 Å². The lowest BCUT2D eigenvalue weighted by atomic mass is 10.2. The highest BCUT2D eigenvalue weighted by molar-refractivity contribution is 5.80. The lowest BCUT2D eigenvalue weighted by Gasteiger charge is -1.92. The van der Waals surface area contributed by atoms with E-state index in [0.29, 0.717) is 0 Å². The molecule has 1 aliphatic rings. The summed E-state index contributed by atoms with van der Waals surface area (Å²) in [5.41, 5.74) is 5.66. The van der Waals surface area contributed by atoms with Crippen molar-refractivity contribution in [1.29, 1.82) is 0 Å². The van der Waals surface area contributed by atoms with Gasteiger partial charge in [0.25, 0.3) is 0 Å². The number of allylic oxidation sites excluding steroid dienone is 2. The third kappa shape index (κ3) is 3.56. The van der Waals surface area contributed by atoms with Crippen molar-refractivity contribution in [3.63, 3.8) is 0 Å². The van der Waals surface area contributed by atoms with Crippen LogP contribution < -0.4 is 5.43 Å². The summed E-state index contributed by atoms with van der Waals surface area (Å²) in [6, 6.07) is 0. The fourth-order valence-corrected chi connectivity index (χ4v) is 1.24.